The lowest BCUT2D eigenvalue weighted by molar-refractivity contribution is 0.0966. The number of ketones is 3. The smallest absolute Gasteiger partial charge is 0.230 e. The molecule has 3 aromatic carbocycles. The number of H-pyrrole nitrogens is 3. The first-order chi connectivity index (χ1) is 35.8. The first-order valence-corrected chi connectivity index (χ1v) is 26.3. The Bertz CT molecular complexity index is 3070. The molecule has 0 aliphatic rings. The fraction of sp³-hybridized carbons (Fsp3) is 0.476. The molecule has 0 unspecified atom stereocenters. The van der Waals surface area contributed by atoms with Gasteiger partial charge in [-0.05, 0) is 102 Å². The summed E-state index contributed by atoms with van der Waals surface area (Å²) in [6.07, 6.45) is 1.12. The van der Waals surface area contributed by atoms with Gasteiger partial charge in [-0.15, -0.1) is 0 Å². The zero-order chi connectivity index (χ0) is 60.5. The van der Waals surface area contributed by atoms with Crippen LogP contribution in [0, 0.1) is 41.1 Å². The van der Waals surface area contributed by atoms with Crippen LogP contribution in [0.1, 0.15) is 225 Å². The van der Waals surface area contributed by atoms with Gasteiger partial charge in [0, 0.05) is 31.4 Å². The first-order valence-electron chi connectivity index (χ1n) is 26.3. The summed E-state index contributed by atoms with van der Waals surface area (Å²) in [6.45, 7) is 36.1. The van der Waals surface area contributed by atoms with Gasteiger partial charge >= 0.3 is 0 Å². The van der Waals surface area contributed by atoms with Crippen molar-refractivity contribution in [2.75, 3.05) is 0 Å². The number of aromatic amines is 3. The Morgan fingerprint density at radius 3 is 0.911 bits per heavy atom. The Balaban J connectivity index is 0.000000255. The number of hydrogen-bond acceptors (Lipinski definition) is 6. The van der Waals surface area contributed by atoms with E-state index in [0.29, 0.717) is 18.9 Å². The van der Waals surface area contributed by atoms with Crippen molar-refractivity contribution in [1.82, 2.24) is 15.0 Å². The summed E-state index contributed by atoms with van der Waals surface area (Å²) in [5.41, 5.74) is 4.62. The number of aryl methyl sites for hydroxylation is 3. The average Bonchev–Trinajstić information content (AvgIpc) is 3.92. The number of rotatable bonds is 12. The monoisotopic (exact) mass is 1110 g/mol. The molecule has 3 heterocycles. The molecule has 0 fully saturated rings. The van der Waals surface area contributed by atoms with E-state index in [1.54, 1.807) is 0 Å². The number of aromatic hydroxyl groups is 3. The molecule has 3 aromatic heterocycles. The van der Waals surface area contributed by atoms with Crippen LogP contribution in [0.5, 0.6) is 17.2 Å². The number of aromatic nitrogens is 3. The Morgan fingerprint density at radius 1 is 0.367 bits per heavy atom. The molecule has 6 rings (SSSR count). The van der Waals surface area contributed by atoms with Crippen LogP contribution in [-0.4, -0.2) is 47.6 Å². The van der Waals surface area contributed by atoms with E-state index in [1.165, 1.54) is 0 Å². The second-order valence-electron chi connectivity index (χ2n) is 26.5. The van der Waals surface area contributed by atoms with E-state index in [-0.39, 0.29) is 92.6 Å². The van der Waals surface area contributed by atoms with Crippen LogP contribution >= 0.6 is 0 Å². The van der Waals surface area contributed by atoms with E-state index in [9.17, 15) is 60.4 Å². The van der Waals surface area contributed by atoms with Crippen molar-refractivity contribution < 1.29 is 60.4 Å². The van der Waals surface area contributed by atoms with Gasteiger partial charge in [-0.1, -0.05) is 161 Å². The van der Waals surface area contributed by atoms with Crippen molar-refractivity contribution in [3.05, 3.63) is 157 Å². The van der Waals surface area contributed by atoms with Crippen LogP contribution in [0.2, 0.25) is 0 Å². The molecule has 79 heavy (non-hydrogen) atoms. The number of phenols is 3. The van der Waals surface area contributed by atoms with E-state index in [0.717, 1.165) is 56.1 Å². The first kappa shape index (κ1) is 64.9. The Hall–Kier alpha value is -6.58. The molecule has 0 atom stereocenters. The number of benzene rings is 3. The molecule has 432 valence electrons. The van der Waals surface area contributed by atoms with Crippen molar-refractivity contribution in [2.24, 2.45) is 0 Å². The normalized spacial score (nSPS) is 12.5. The quantitative estimate of drug-likeness (QED) is 0.0529. The van der Waals surface area contributed by atoms with Crippen molar-refractivity contribution in [3.8, 4) is 17.2 Å². The molecule has 0 amide bonds. The predicted molar refractivity (Wildman–Crippen MR) is 297 cm³/mol. The average molecular weight is 1110 g/mol. The third kappa shape index (κ3) is 16.5. The van der Waals surface area contributed by atoms with E-state index < -0.39 is 58.4 Å². The maximum absolute atomic E-state index is 13.6. The summed E-state index contributed by atoms with van der Waals surface area (Å²) in [5.74, 6) is -9.30. The fourth-order valence-corrected chi connectivity index (χ4v) is 8.88. The van der Waals surface area contributed by atoms with Crippen LogP contribution in [-0.2, 0) is 51.8 Å². The molecule has 0 aliphatic heterocycles. The Morgan fingerprint density at radius 2 is 0.671 bits per heavy atom. The topological polar surface area (TPSA) is 159 Å². The molecule has 0 saturated carbocycles. The number of Topliss-reactive ketones (excluding diaryl/α,β-unsaturated/α-hetero) is 3. The fourth-order valence-electron chi connectivity index (χ4n) is 8.88. The van der Waals surface area contributed by atoms with E-state index in [4.69, 9.17) is 0 Å². The predicted octanol–water partition coefficient (Wildman–Crippen LogP) is 16.4. The van der Waals surface area contributed by atoms with E-state index in [1.807, 2.05) is 166 Å². The minimum Gasteiger partial charge on any atom is -0.507 e. The minimum absolute atomic E-state index is 0.0504. The summed E-state index contributed by atoms with van der Waals surface area (Å²) in [5, 5.41) is 32.1. The summed E-state index contributed by atoms with van der Waals surface area (Å²) < 4.78 is 92.6. The summed E-state index contributed by atoms with van der Waals surface area (Å²) in [4.78, 5) is 42.7. The van der Waals surface area contributed by atoms with Gasteiger partial charge in [-0.25, -0.2) is 13.2 Å². The second-order valence-corrected chi connectivity index (χ2v) is 26.5. The van der Waals surface area contributed by atoms with Gasteiger partial charge in [0.15, 0.2) is 40.7 Å². The number of halogens is 7. The van der Waals surface area contributed by atoms with Crippen LogP contribution in [0.3, 0.4) is 0 Å². The summed E-state index contributed by atoms with van der Waals surface area (Å²) in [7, 11) is 0. The molecule has 0 saturated heterocycles. The standard InChI is InChI=1S/C21H26F3NO2.2C21H27F2NO2/c1-20(2,3)12-9-11(10-13(18(12)27)21(4,5)6)7-8-14(26)17-15(22)16(23)19(24)25-17;1-20(2,3)13-9-12(10-14(18(13)26)21(4,5)6)7-8-17(25)16-11-15(22)19(23)24-16;1-20(2,3)13-9-12(10-14(19(13)26)21(4,5)6)7-8-16(25)18-15(22)11-17(23)24-18/h9-10,25,27H,7-8H2,1-6H3;2*9-11,24,26H,7-8H2,1-6H3. The number of hydrogen-bond donors (Lipinski definition) is 6. The Kier molecular flexibility index (Phi) is 19.7. The lowest BCUT2D eigenvalue weighted by Crippen LogP contribution is -2.18. The Labute approximate surface area is 460 Å². The molecule has 0 radical (unpaired) electrons. The van der Waals surface area contributed by atoms with Gasteiger partial charge in [0.05, 0.1) is 5.69 Å². The van der Waals surface area contributed by atoms with Crippen LogP contribution in [0.25, 0.3) is 0 Å². The van der Waals surface area contributed by atoms with Crippen LogP contribution < -0.4 is 0 Å². The van der Waals surface area contributed by atoms with Crippen molar-refractivity contribution in [2.45, 2.75) is 196 Å². The SMILES string of the molecule is CC(C)(C)c1cc(CCC(=O)c2[nH]c(F)c(F)c2F)cc(C(C)(C)C)c1O.CC(C)(C)c1cc(CCC(=O)c2[nH]c(F)cc2F)cc(C(C)(C)C)c1O.CC(C)(C)c1cc(CCC(=O)c2cc(F)c(F)[nH]2)cc(C(C)(C)C)c1O. The van der Waals surface area contributed by atoms with Crippen LogP contribution in [0.15, 0.2) is 48.5 Å². The third-order valence-corrected chi connectivity index (χ3v) is 13.4. The molecule has 6 aromatic rings. The molecule has 6 N–H and O–H groups in total. The molecular formula is C63H80F7N3O6. The summed E-state index contributed by atoms with van der Waals surface area (Å²) in [6, 6.07) is 12.8. The maximum atomic E-state index is 13.6. The van der Waals surface area contributed by atoms with Gasteiger partial charge in [0.25, 0.3) is 0 Å². The third-order valence-electron chi connectivity index (χ3n) is 13.4. The van der Waals surface area contributed by atoms with Crippen molar-refractivity contribution >= 4 is 17.3 Å². The van der Waals surface area contributed by atoms with Gasteiger partial charge in [0.1, 0.15) is 28.6 Å². The zero-order valence-corrected chi connectivity index (χ0v) is 49.1. The lowest BCUT2D eigenvalue weighted by Gasteiger charge is -2.28. The highest BCUT2D eigenvalue weighted by Gasteiger charge is 2.31. The number of carbonyl (C=O) groups is 3. The van der Waals surface area contributed by atoms with E-state index >= 15 is 0 Å². The highest BCUT2D eigenvalue weighted by atomic mass is 19.2. The zero-order valence-electron chi connectivity index (χ0n) is 49.1. The largest absolute Gasteiger partial charge is 0.507 e. The van der Waals surface area contributed by atoms with E-state index in [2.05, 4.69) is 9.97 Å². The molecule has 9 nitrogen and oxygen atoms in total. The highest BCUT2D eigenvalue weighted by molar-refractivity contribution is 5.95. The lowest BCUT2D eigenvalue weighted by atomic mass is 9.78. The minimum atomic E-state index is -1.67. The highest BCUT2D eigenvalue weighted by Crippen LogP contribution is 2.43. The molecule has 16 heteroatoms. The van der Waals surface area contributed by atoms with Gasteiger partial charge in [0.2, 0.25) is 17.7 Å². The van der Waals surface area contributed by atoms with Crippen molar-refractivity contribution in [3.63, 3.8) is 0 Å². The van der Waals surface area contributed by atoms with Crippen molar-refractivity contribution in [1.29, 1.82) is 0 Å². The summed E-state index contributed by atoms with van der Waals surface area (Å²) >= 11 is 0. The number of nitrogens with one attached hydrogen (secondary N) is 3. The maximum Gasteiger partial charge on any atom is 0.230 e. The molecule has 0 spiro atoms. The number of phenolic OH excluding ortho intramolecular Hbond substituents is 3. The molecule has 0 bridgehead atoms. The van der Waals surface area contributed by atoms with Crippen LogP contribution in [0.4, 0.5) is 30.7 Å². The van der Waals surface area contributed by atoms with Gasteiger partial charge in [-0.2, -0.15) is 17.6 Å². The molecular weight excluding hydrogens is 1030 g/mol. The number of carbonyl (C=O) groups excluding carboxylic acids is 3. The molecule has 0 aliphatic carbocycles. The van der Waals surface area contributed by atoms with Gasteiger partial charge in [-0.3, -0.25) is 14.4 Å². The van der Waals surface area contributed by atoms with Gasteiger partial charge < -0.3 is 30.3 Å². The second kappa shape index (κ2) is 24.0.